The molecule has 0 aliphatic carbocycles. The molecular weight excluding hydrogens is 317 g/mol. The zero-order valence-electron chi connectivity index (χ0n) is 8.91. The van der Waals surface area contributed by atoms with E-state index in [1.165, 1.54) is 0 Å². The van der Waals surface area contributed by atoms with E-state index in [2.05, 4.69) is 27.9 Å². The summed E-state index contributed by atoms with van der Waals surface area (Å²) in [6.07, 6.45) is 1.05. The maximum atomic E-state index is 11.8. The Morgan fingerprint density at radius 2 is 2.19 bits per heavy atom. The van der Waals surface area contributed by atoms with E-state index in [1.54, 1.807) is 0 Å². The van der Waals surface area contributed by atoms with E-state index in [9.17, 15) is 4.79 Å². The first kappa shape index (κ1) is 11.9. The first-order valence-corrected chi connectivity index (χ1v) is 6.45. The van der Waals surface area contributed by atoms with Gasteiger partial charge >= 0.3 is 0 Å². The number of hydrogen-bond donors (Lipinski definition) is 1. The smallest absolute Gasteiger partial charge is 0.251 e. The van der Waals surface area contributed by atoms with E-state index in [0.717, 1.165) is 28.8 Å². The highest BCUT2D eigenvalue weighted by Crippen LogP contribution is 2.11. The van der Waals surface area contributed by atoms with Gasteiger partial charge in [-0.05, 0) is 53.3 Å². The van der Waals surface area contributed by atoms with Gasteiger partial charge in [-0.1, -0.05) is 0 Å². The summed E-state index contributed by atoms with van der Waals surface area (Å²) in [6, 6.07) is 7.58. The van der Waals surface area contributed by atoms with Crippen molar-refractivity contribution >= 4 is 28.5 Å². The van der Waals surface area contributed by atoms with Gasteiger partial charge in [-0.3, -0.25) is 4.79 Å². The van der Waals surface area contributed by atoms with Gasteiger partial charge in [0, 0.05) is 28.2 Å². The Morgan fingerprint density at radius 3 is 2.81 bits per heavy atom. The zero-order valence-corrected chi connectivity index (χ0v) is 11.1. The van der Waals surface area contributed by atoms with Crippen molar-refractivity contribution in [2.75, 3.05) is 19.8 Å². The highest BCUT2D eigenvalue weighted by molar-refractivity contribution is 14.1. The summed E-state index contributed by atoms with van der Waals surface area (Å²) in [5.74, 6) is 0.482. The van der Waals surface area contributed by atoms with E-state index in [0.29, 0.717) is 12.5 Å². The second-order valence-corrected chi connectivity index (χ2v) is 5.19. The van der Waals surface area contributed by atoms with Crippen molar-refractivity contribution < 1.29 is 9.53 Å². The van der Waals surface area contributed by atoms with E-state index in [4.69, 9.17) is 4.74 Å². The highest BCUT2D eigenvalue weighted by atomic mass is 127. The molecule has 1 unspecified atom stereocenters. The molecule has 0 radical (unpaired) electrons. The summed E-state index contributed by atoms with van der Waals surface area (Å²) in [7, 11) is 0. The predicted octanol–water partition coefficient (Wildman–Crippen LogP) is 2.06. The van der Waals surface area contributed by atoms with Crippen LogP contribution in [0.15, 0.2) is 24.3 Å². The number of rotatable bonds is 3. The van der Waals surface area contributed by atoms with Gasteiger partial charge in [-0.25, -0.2) is 0 Å². The summed E-state index contributed by atoms with van der Waals surface area (Å²) < 4.78 is 6.40. The minimum absolute atomic E-state index is 0.00306. The molecule has 0 aromatic heterocycles. The summed E-state index contributed by atoms with van der Waals surface area (Å²) in [5.41, 5.74) is 0.722. The van der Waals surface area contributed by atoms with Crippen LogP contribution in [0.3, 0.4) is 0 Å². The first-order valence-electron chi connectivity index (χ1n) is 5.37. The van der Waals surface area contributed by atoms with Crippen molar-refractivity contribution in [2.24, 2.45) is 5.92 Å². The number of nitrogens with one attached hydrogen (secondary N) is 1. The third-order valence-electron chi connectivity index (χ3n) is 2.68. The largest absolute Gasteiger partial charge is 0.381 e. The van der Waals surface area contributed by atoms with E-state index in [1.807, 2.05) is 24.3 Å². The molecule has 16 heavy (non-hydrogen) atoms. The molecule has 0 spiro atoms. The molecule has 0 bridgehead atoms. The third kappa shape index (κ3) is 3.18. The van der Waals surface area contributed by atoms with Crippen LogP contribution in [-0.4, -0.2) is 25.7 Å². The Morgan fingerprint density at radius 1 is 1.44 bits per heavy atom. The van der Waals surface area contributed by atoms with Crippen LogP contribution in [0.4, 0.5) is 0 Å². The summed E-state index contributed by atoms with van der Waals surface area (Å²) in [5, 5.41) is 2.94. The van der Waals surface area contributed by atoms with E-state index >= 15 is 0 Å². The van der Waals surface area contributed by atoms with Crippen LogP contribution in [0.5, 0.6) is 0 Å². The second-order valence-electron chi connectivity index (χ2n) is 3.95. The Labute approximate surface area is 109 Å². The SMILES string of the molecule is O=C(NCC1CCOC1)c1ccc(I)cc1. The number of benzene rings is 1. The van der Waals surface area contributed by atoms with Crippen LogP contribution in [-0.2, 0) is 4.74 Å². The van der Waals surface area contributed by atoms with Crippen LogP contribution in [0.2, 0.25) is 0 Å². The fourth-order valence-corrected chi connectivity index (χ4v) is 2.04. The van der Waals surface area contributed by atoms with Gasteiger partial charge in [-0.15, -0.1) is 0 Å². The second kappa shape index (κ2) is 5.63. The molecule has 1 N–H and O–H groups in total. The molecule has 1 saturated heterocycles. The lowest BCUT2D eigenvalue weighted by Gasteiger charge is -2.09. The molecule has 1 fully saturated rings. The topological polar surface area (TPSA) is 38.3 Å². The molecule has 0 saturated carbocycles. The zero-order chi connectivity index (χ0) is 11.4. The average Bonchev–Trinajstić information content (AvgIpc) is 2.80. The highest BCUT2D eigenvalue weighted by Gasteiger charge is 2.16. The molecule has 2 rings (SSSR count). The van der Waals surface area contributed by atoms with E-state index < -0.39 is 0 Å². The molecule has 1 aliphatic heterocycles. The van der Waals surface area contributed by atoms with Crippen molar-refractivity contribution in [2.45, 2.75) is 6.42 Å². The molecule has 1 heterocycles. The Balaban J connectivity index is 1.85. The van der Waals surface area contributed by atoms with Gasteiger partial charge in [0.15, 0.2) is 0 Å². The van der Waals surface area contributed by atoms with Crippen LogP contribution < -0.4 is 5.32 Å². The van der Waals surface area contributed by atoms with Crippen molar-refractivity contribution in [1.29, 1.82) is 0 Å². The van der Waals surface area contributed by atoms with Crippen molar-refractivity contribution in [3.8, 4) is 0 Å². The van der Waals surface area contributed by atoms with Gasteiger partial charge in [0.05, 0.1) is 6.61 Å². The predicted molar refractivity (Wildman–Crippen MR) is 70.4 cm³/mol. The number of hydrogen-bond acceptors (Lipinski definition) is 2. The Bertz CT molecular complexity index is 358. The molecule has 1 aliphatic rings. The van der Waals surface area contributed by atoms with Crippen LogP contribution in [0.25, 0.3) is 0 Å². The Kier molecular flexibility index (Phi) is 4.17. The van der Waals surface area contributed by atoms with E-state index in [-0.39, 0.29) is 5.91 Å². The number of halogens is 1. The lowest BCUT2D eigenvalue weighted by molar-refractivity contribution is 0.0945. The molecule has 1 aromatic rings. The number of carbonyl (C=O) groups is 1. The number of amides is 1. The number of carbonyl (C=O) groups excluding carboxylic acids is 1. The van der Waals surface area contributed by atoms with Crippen LogP contribution in [0, 0.1) is 9.49 Å². The molecule has 4 heteroatoms. The van der Waals surface area contributed by atoms with Gasteiger partial charge in [0.2, 0.25) is 0 Å². The number of ether oxygens (including phenoxy) is 1. The van der Waals surface area contributed by atoms with Gasteiger partial charge in [-0.2, -0.15) is 0 Å². The first-order chi connectivity index (χ1) is 7.75. The maximum absolute atomic E-state index is 11.8. The fraction of sp³-hybridized carbons (Fsp3) is 0.417. The Hall–Kier alpha value is -0.620. The van der Waals surface area contributed by atoms with Gasteiger partial charge < -0.3 is 10.1 Å². The van der Waals surface area contributed by atoms with Crippen LogP contribution in [0.1, 0.15) is 16.8 Å². The molecule has 1 atom stereocenters. The summed E-state index contributed by atoms with van der Waals surface area (Å²) in [6.45, 7) is 2.31. The van der Waals surface area contributed by atoms with Crippen molar-refractivity contribution in [3.63, 3.8) is 0 Å². The van der Waals surface area contributed by atoms with Gasteiger partial charge in [0.25, 0.3) is 5.91 Å². The minimum atomic E-state index is 0.00306. The lowest BCUT2D eigenvalue weighted by Crippen LogP contribution is -2.29. The molecular formula is C12H14INO2. The minimum Gasteiger partial charge on any atom is -0.381 e. The fourth-order valence-electron chi connectivity index (χ4n) is 1.68. The molecule has 1 aromatic carbocycles. The normalized spacial score (nSPS) is 19.7. The third-order valence-corrected chi connectivity index (χ3v) is 3.40. The van der Waals surface area contributed by atoms with Gasteiger partial charge in [0.1, 0.15) is 0 Å². The van der Waals surface area contributed by atoms with Crippen molar-refractivity contribution in [1.82, 2.24) is 5.32 Å². The average molecular weight is 331 g/mol. The quantitative estimate of drug-likeness (QED) is 0.861. The molecule has 86 valence electrons. The monoisotopic (exact) mass is 331 g/mol. The summed E-state index contributed by atoms with van der Waals surface area (Å²) in [4.78, 5) is 11.8. The summed E-state index contributed by atoms with van der Waals surface area (Å²) >= 11 is 2.22. The standard InChI is InChI=1S/C12H14INO2/c13-11-3-1-10(2-4-11)12(15)14-7-9-5-6-16-8-9/h1-4,9H,5-8H2,(H,14,15). The maximum Gasteiger partial charge on any atom is 0.251 e. The lowest BCUT2D eigenvalue weighted by atomic mass is 10.1. The van der Waals surface area contributed by atoms with Crippen LogP contribution >= 0.6 is 22.6 Å². The molecule has 1 amide bonds. The molecule has 3 nitrogen and oxygen atoms in total. The van der Waals surface area contributed by atoms with Crippen molar-refractivity contribution in [3.05, 3.63) is 33.4 Å².